The maximum absolute atomic E-state index is 13.5. The molecule has 2 aliphatic heterocycles. The predicted octanol–water partition coefficient (Wildman–Crippen LogP) is 4.22. The van der Waals surface area contributed by atoms with Crippen LogP contribution in [-0.2, 0) is 4.74 Å². The van der Waals surface area contributed by atoms with Crippen molar-refractivity contribution in [2.24, 2.45) is 0 Å². The van der Waals surface area contributed by atoms with E-state index < -0.39 is 5.82 Å². The zero-order chi connectivity index (χ0) is 18.8. The number of nitrogens with zero attached hydrogens (tertiary/aromatic N) is 1. The number of amides is 1. The zero-order valence-corrected chi connectivity index (χ0v) is 16.3. The number of anilines is 1. The predicted molar refractivity (Wildman–Crippen MR) is 106 cm³/mol. The van der Waals surface area contributed by atoms with Crippen molar-refractivity contribution >= 4 is 35.5 Å². The summed E-state index contributed by atoms with van der Waals surface area (Å²) in [5.74, 6) is -0.614. The van der Waals surface area contributed by atoms with Gasteiger partial charge in [-0.1, -0.05) is 18.0 Å². The molecule has 142 valence electrons. The molecule has 2 fully saturated rings. The van der Waals surface area contributed by atoms with E-state index in [9.17, 15) is 9.18 Å². The van der Waals surface area contributed by atoms with Crippen LogP contribution in [0.3, 0.4) is 0 Å². The van der Waals surface area contributed by atoms with E-state index in [-0.39, 0.29) is 11.7 Å². The number of nitrogens with one attached hydrogen (secondary N) is 1. The second-order valence-electron chi connectivity index (χ2n) is 6.28. The minimum atomic E-state index is -0.465. The van der Waals surface area contributed by atoms with Crippen LogP contribution in [0.4, 0.5) is 10.1 Å². The molecule has 2 aliphatic rings. The molecule has 1 N–H and O–H groups in total. The van der Waals surface area contributed by atoms with E-state index in [2.05, 4.69) is 9.03 Å². The van der Waals surface area contributed by atoms with Gasteiger partial charge in [0.15, 0.2) is 11.6 Å². The summed E-state index contributed by atoms with van der Waals surface area (Å²) in [5, 5.41) is 3.33. The Labute approximate surface area is 165 Å². The van der Waals surface area contributed by atoms with Crippen molar-refractivity contribution in [2.45, 2.75) is 22.6 Å². The molecule has 2 saturated heterocycles. The van der Waals surface area contributed by atoms with E-state index in [0.717, 1.165) is 24.5 Å². The highest BCUT2D eigenvalue weighted by molar-refractivity contribution is 8.13. The summed E-state index contributed by atoms with van der Waals surface area (Å²) >= 11 is 3.45. The zero-order valence-electron chi connectivity index (χ0n) is 14.7. The molecule has 1 amide bonds. The molecule has 0 aromatic heterocycles. The molecule has 2 aromatic rings. The minimum Gasteiger partial charge on any atom is -0.494 e. The molecule has 0 aliphatic carbocycles. The van der Waals surface area contributed by atoms with Crippen LogP contribution in [0.15, 0.2) is 47.4 Å². The van der Waals surface area contributed by atoms with Crippen molar-refractivity contribution in [3.8, 4) is 5.75 Å². The second kappa shape index (κ2) is 8.10. The molecule has 0 spiro atoms. The normalized spacial score (nSPS) is 21.9. The van der Waals surface area contributed by atoms with Crippen molar-refractivity contribution in [1.29, 1.82) is 0 Å². The number of fused-ring (bicyclic) bond motifs is 1. The highest BCUT2D eigenvalue weighted by atomic mass is 32.2. The van der Waals surface area contributed by atoms with Crippen LogP contribution in [0.2, 0.25) is 0 Å². The lowest BCUT2D eigenvalue weighted by Gasteiger charge is -2.47. The number of hydrogen-bond acceptors (Lipinski definition) is 6. The lowest BCUT2D eigenvalue weighted by molar-refractivity contribution is 0.0678. The molecule has 0 bridgehead atoms. The number of ether oxygens (including phenoxy) is 2. The Morgan fingerprint density at radius 2 is 2.26 bits per heavy atom. The van der Waals surface area contributed by atoms with Gasteiger partial charge in [-0.05, 0) is 48.7 Å². The monoisotopic (exact) mass is 406 g/mol. The summed E-state index contributed by atoms with van der Waals surface area (Å²) in [6.45, 7) is 1.62. The fraction of sp³-hybridized carbons (Fsp3) is 0.316. The number of carbonyl (C=O) groups excluding carboxylic acids is 1. The highest BCUT2D eigenvalue weighted by Gasteiger charge is 2.43. The molecular formula is C19H19FN2O3S2. The second-order valence-corrected chi connectivity index (χ2v) is 8.77. The Morgan fingerprint density at radius 1 is 1.37 bits per heavy atom. The van der Waals surface area contributed by atoms with Crippen molar-refractivity contribution in [2.75, 3.05) is 25.6 Å². The Kier molecular flexibility index (Phi) is 5.58. The molecular weight excluding hydrogens is 387 g/mol. The van der Waals surface area contributed by atoms with Crippen molar-refractivity contribution < 1.29 is 18.7 Å². The Morgan fingerprint density at radius 3 is 3.07 bits per heavy atom. The lowest BCUT2D eigenvalue weighted by Crippen LogP contribution is -2.51. The third-order valence-electron chi connectivity index (χ3n) is 4.48. The van der Waals surface area contributed by atoms with E-state index in [1.807, 2.05) is 18.2 Å². The van der Waals surface area contributed by atoms with Gasteiger partial charge < -0.3 is 14.8 Å². The molecule has 1 unspecified atom stereocenters. The summed E-state index contributed by atoms with van der Waals surface area (Å²) in [4.78, 5) is 13.6. The minimum absolute atomic E-state index is 0.0953. The quantitative estimate of drug-likeness (QED) is 0.751. The van der Waals surface area contributed by atoms with Crippen molar-refractivity contribution in [1.82, 2.24) is 3.71 Å². The molecule has 0 radical (unpaired) electrons. The molecule has 2 aromatic carbocycles. The number of benzene rings is 2. The highest BCUT2D eigenvalue weighted by Crippen LogP contribution is 2.48. The topological polar surface area (TPSA) is 50.8 Å². The summed E-state index contributed by atoms with van der Waals surface area (Å²) in [6.07, 6.45) is 1.04. The number of halogens is 1. The maximum atomic E-state index is 13.5. The SMILES string of the molecule is COc1cc(NC(=O)c2cccc(SN3SC4COCC[C@@H]43)c2)ccc1F. The van der Waals surface area contributed by atoms with Gasteiger partial charge in [-0.3, -0.25) is 4.79 Å². The van der Waals surface area contributed by atoms with Crippen LogP contribution < -0.4 is 10.1 Å². The van der Waals surface area contributed by atoms with Gasteiger partial charge in [0.1, 0.15) is 0 Å². The largest absolute Gasteiger partial charge is 0.494 e. The van der Waals surface area contributed by atoms with Gasteiger partial charge in [-0.15, -0.1) is 0 Å². The first-order valence-corrected chi connectivity index (χ1v) is 10.2. The first-order chi connectivity index (χ1) is 13.1. The molecule has 2 atom stereocenters. The summed E-state index contributed by atoms with van der Waals surface area (Å²) in [6, 6.07) is 12.3. The molecule has 4 rings (SSSR count). The third kappa shape index (κ3) is 4.08. The Balaban J connectivity index is 1.42. The van der Waals surface area contributed by atoms with Crippen LogP contribution in [0.5, 0.6) is 5.75 Å². The number of carbonyl (C=O) groups is 1. The van der Waals surface area contributed by atoms with Gasteiger partial charge in [0, 0.05) is 34.9 Å². The van der Waals surface area contributed by atoms with Crippen LogP contribution in [0.1, 0.15) is 16.8 Å². The first kappa shape index (κ1) is 18.6. The van der Waals surface area contributed by atoms with Crippen LogP contribution in [-0.4, -0.2) is 41.2 Å². The number of methoxy groups -OCH3 is 1. The van der Waals surface area contributed by atoms with Crippen molar-refractivity contribution in [3.63, 3.8) is 0 Å². The van der Waals surface area contributed by atoms with Gasteiger partial charge in [-0.2, -0.15) is 3.71 Å². The average molecular weight is 407 g/mol. The van der Waals surface area contributed by atoms with E-state index in [1.54, 1.807) is 30.0 Å². The summed E-state index contributed by atoms with van der Waals surface area (Å²) < 4.78 is 26.2. The van der Waals surface area contributed by atoms with Gasteiger partial charge in [0.2, 0.25) is 0 Å². The van der Waals surface area contributed by atoms with Crippen LogP contribution >= 0.6 is 23.9 Å². The first-order valence-electron chi connectivity index (χ1n) is 8.61. The van der Waals surface area contributed by atoms with E-state index in [0.29, 0.717) is 22.5 Å². The Bertz CT molecular complexity index is 851. The Hall–Kier alpha value is -1.74. The number of hydrogen-bond donors (Lipinski definition) is 1. The molecule has 2 heterocycles. The van der Waals surface area contributed by atoms with Gasteiger partial charge in [0.05, 0.1) is 19.0 Å². The van der Waals surface area contributed by atoms with E-state index >= 15 is 0 Å². The third-order valence-corrected chi connectivity index (χ3v) is 7.08. The standard InChI is InChI=1S/C19H19FN2O3S2/c1-24-17-10-13(5-6-15(17)20)21-19(23)12-3-2-4-14(9-12)26-22-16-7-8-25-11-18(16)27-22/h2-6,9-10,16,18H,7-8,11H2,1H3,(H,21,23)/t16-,18?/m0/s1. The maximum Gasteiger partial charge on any atom is 0.255 e. The fourth-order valence-electron chi connectivity index (χ4n) is 3.02. The molecule has 5 nitrogen and oxygen atoms in total. The molecule has 0 saturated carbocycles. The van der Waals surface area contributed by atoms with E-state index in [4.69, 9.17) is 9.47 Å². The van der Waals surface area contributed by atoms with Gasteiger partial charge in [-0.25, -0.2) is 4.39 Å². The van der Waals surface area contributed by atoms with Crippen LogP contribution in [0, 0.1) is 5.82 Å². The summed E-state index contributed by atoms with van der Waals surface area (Å²) in [5.41, 5.74) is 1.04. The summed E-state index contributed by atoms with van der Waals surface area (Å²) in [7, 11) is 1.39. The molecule has 8 heteroatoms. The van der Waals surface area contributed by atoms with Crippen molar-refractivity contribution in [3.05, 3.63) is 53.8 Å². The number of rotatable bonds is 5. The van der Waals surface area contributed by atoms with Gasteiger partial charge >= 0.3 is 0 Å². The smallest absolute Gasteiger partial charge is 0.255 e. The van der Waals surface area contributed by atoms with E-state index in [1.165, 1.54) is 25.3 Å². The average Bonchev–Trinajstić information content (AvgIpc) is 2.68. The van der Waals surface area contributed by atoms with Crippen LogP contribution in [0.25, 0.3) is 0 Å². The fourth-order valence-corrected chi connectivity index (χ4v) is 5.81. The molecule has 27 heavy (non-hydrogen) atoms. The lowest BCUT2D eigenvalue weighted by atomic mass is 10.1. The van der Waals surface area contributed by atoms with Gasteiger partial charge in [0.25, 0.3) is 5.91 Å².